The fraction of sp³-hybridized carbons (Fsp3) is 0.227. The van der Waals surface area contributed by atoms with E-state index in [1.54, 1.807) is 36.4 Å². The molecule has 2 aromatic rings. The standard InChI is InChI=1S/C22H20ClN3O3/c1-14-4-10-17(11-5-14)26-21(28)18(23)19(22(26)29)24-16-8-6-15(7-9-16)20(27)25-12-2-3-13-25/h4-11,24H,2-3,12-13H2,1H3. The fourth-order valence-electron chi connectivity index (χ4n) is 3.48. The molecule has 2 aliphatic rings. The molecule has 0 atom stereocenters. The van der Waals surface area contributed by atoms with Crippen LogP contribution in [0.5, 0.6) is 0 Å². The number of hydrogen-bond donors (Lipinski definition) is 1. The van der Waals surface area contributed by atoms with E-state index in [0.717, 1.165) is 36.4 Å². The summed E-state index contributed by atoms with van der Waals surface area (Å²) >= 11 is 6.16. The maximum atomic E-state index is 12.8. The van der Waals surface area contributed by atoms with Crippen molar-refractivity contribution in [1.82, 2.24) is 4.90 Å². The van der Waals surface area contributed by atoms with Gasteiger partial charge in [-0.2, -0.15) is 0 Å². The fourth-order valence-corrected chi connectivity index (χ4v) is 3.70. The summed E-state index contributed by atoms with van der Waals surface area (Å²) in [4.78, 5) is 40.7. The van der Waals surface area contributed by atoms with E-state index in [-0.39, 0.29) is 16.6 Å². The minimum Gasteiger partial charge on any atom is -0.350 e. The van der Waals surface area contributed by atoms with Crippen LogP contribution in [0.4, 0.5) is 11.4 Å². The number of carbonyl (C=O) groups excluding carboxylic acids is 3. The maximum Gasteiger partial charge on any atom is 0.283 e. The summed E-state index contributed by atoms with van der Waals surface area (Å²) in [6.07, 6.45) is 2.07. The Morgan fingerprint density at radius 3 is 2.17 bits per heavy atom. The Balaban J connectivity index is 1.51. The van der Waals surface area contributed by atoms with Crippen LogP contribution in [0.2, 0.25) is 0 Å². The van der Waals surface area contributed by atoms with Gasteiger partial charge in [0.1, 0.15) is 10.7 Å². The van der Waals surface area contributed by atoms with Gasteiger partial charge in [0.15, 0.2) is 0 Å². The smallest absolute Gasteiger partial charge is 0.283 e. The third-order valence-corrected chi connectivity index (χ3v) is 5.46. The summed E-state index contributed by atoms with van der Waals surface area (Å²) in [5, 5.41) is 2.77. The highest BCUT2D eigenvalue weighted by Crippen LogP contribution is 2.30. The Bertz CT molecular complexity index is 1010. The van der Waals surface area contributed by atoms with Gasteiger partial charge in [-0.25, -0.2) is 4.90 Å². The van der Waals surface area contributed by atoms with Crippen LogP contribution in [0.25, 0.3) is 0 Å². The highest BCUT2D eigenvalue weighted by molar-refractivity contribution is 6.53. The molecule has 4 rings (SSSR count). The Kier molecular flexibility index (Phi) is 5.11. The third-order valence-electron chi connectivity index (χ3n) is 5.11. The number of hydrogen-bond acceptors (Lipinski definition) is 4. The lowest BCUT2D eigenvalue weighted by Crippen LogP contribution is -2.32. The Morgan fingerprint density at radius 2 is 1.55 bits per heavy atom. The van der Waals surface area contributed by atoms with Crippen molar-refractivity contribution in [2.24, 2.45) is 0 Å². The van der Waals surface area contributed by atoms with E-state index in [4.69, 9.17) is 11.6 Å². The molecule has 29 heavy (non-hydrogen) atoms. The topological polar surface area (TPSA) is 69.7 Å². The quantitative estimate of drug-likeness (QED) is 0.782. The van der Waals surface area contributed by atoms with Gasteiger partial charge in [0.25, 0.3) is 17.7 Å². The van der Waals surface area contributed by atoms with E-state index in [9.17, 15) is 14.4 Å². The summed E-state index contributed by atoms with van der Waals surface area (Å²) in [5.41, 5.74) is 2.67. The summed E-state index contributed by atoms with van der Waals surface area (Å²) in [7, 11) is 0. The van der Waals surface area contributed by atoms with Crippen molar-refractivity contribution in [3.8, 4) is 0 Å². The molecule has 0 spiro atoms. The minimum atomic E-state index is -0.566. The van der Waals surface area contributed by atoms with E-state index < -0.39 is 11.8 Å². The average molecular weight is 410 g/mol. The van der Waals surface area contributed by atoms with Crippen molar-refractivity contribution in [3.05, 3.63) is 70.4 Å². The summed E-state index contributed by atoms with van der Waals surface area (Å²) in [5.74, 6) is -1.08. The predicted octanol–water partition coefficient (Wildman–Crippen LogP) is 3.67. The molecule has 0 aromatic heterocycles. The molecular weight excluding hydrogens is 390 g/mol. The molecule has 0 aliphatic carbocycles. The normalized spacial score (nSPS) is 16.8. The molecule has 1 fully saturated rings. The SMILES string of the molecule is Cc1ccc(N2C(=O)C(Cl)=C(Nc3ccc(C(=O)N4CCCC4)cc3)C2=O)cc1. The number of halogens is 1. The monoisotopic (exact) mass is 409 g/mol. The maximum absolute atomic E-state index is 12.8. The molecule has 7 heteroatoms. The summed E-state index contributed by atoms with van der Waals surface area (Å²) in [6.45, 7) is 3.49. The molecule has 0 radical (unpaired) electrons. The molecule has 6 nitrogen and oxygen atoms in total. The van der Waals surface area contributed by atoms with E-state index in [1.807, 2.05) is 24.0 Å². The first-order chi connectivity index (χ1) is 14.0. The lowest BCUT2D eigenvalue weighted by atomic mass is 10.2. The van der Waals surface area contributed by atoms with Crippen LogP contribution in [0.15, 0.2) is 59.3 Å². The van der Waals surface area contributed by atoms with E-state index in [0.29, 0.717) is 16.9 Å². The van der Waals surface area contributed by atoms with Crippen LogP contribution in [0, 0.1) is 6.92 Å². The van der Waals surface area contributed by atoms with Crippen LogP contribution in [-0.4, -0.2) is 35.7 Å². The highest BCUT2D eigenvalue weighted by Gasteiger charge is 2.38. The largest absolute Gasteiger partial charge is 0.350 e. The van der Waals surface area contributed by atoms with Crippen molar-refractivity contribution in [1.29, 1.82) is 0 Å². The number of likely N-dealkylation sites (tertiary alicyclic amines) is 1. The first kappa shape index (κ1) is 19.2. The average Bonchev–Trinajstić information content (AvgIpc) is 3.33. The Morgan fingerprint density at radius 1 is 0.931 bits per heavy atom. The predicted molar refractivity (Wildman–Crippen MR) is 112 cm³/mol. The zero-order valence-electron chi connectivity index (χ0n) is 15.9. The second-order valence-corrected chi connectivity index (χ2v) is 7.55. The van der Waals surface area contributed by atoms with Gasteiger partial charge in [-0.15, -0.1) is 0 Å². The van der Waals surface area contributed by atoms with Crippen molar-refractivity contribution >= 4 is 40.7 Å². The number of nitrogens with zero attached hydrogens (tertiary/aromatic N) is 2. The van der Waals surface area contributed by atoms with Gasteiger partial charge in [0, 0.05) is 24.3 Å². The number of anilines is 2. The van der Waals surface area contributed by atoms with E-state index in [1.165, 1.54) is 0 Å². The summed E-state index contributed by atoms with van der Waals surface area (Å²) in [6, 6.07) is 13.9. The van der Waals surface area contributed by atoms with Crippen molar-refractivity contribution in [2.75, 3.05) is 23.3 Å². The number of imide groups is 1. The molecule has 2 aromatic carbocycles. The van der Waals surface area contributed by atoms with Gasteiger partial charge in [0.2, 0.25) is 0 Å². The number of amides is 3. The van der Waals surface area contributed by atoms with Crippen LogP contribution in [0.3, 0.4) is 0 Å². The molecule has 148 valence electrons. The first-order valence-electron chi connectivity index (χ1n) is 9.47. The molecule has 0 saturated carbocycles. The van der Waals surface area contributed by atoms with Gasteiger partial charge in [-0.05, 0) is 56.2 Å². The van der Waals surface area contributed by atoms with Crippen LogP contribution >= 0.6 is 11.6 Å². The zero-order valence-corrected chi connectivity index (χ0v) is 16.7. The second-order valence-electron chi connectivity index (χ2n) is 7.17. The highest BCUT2D eigenvalue weighted by atomic mass is 35.5. The lowest BCUT2D eigenvalue weighted by Gasteiger charge is -2.16. The van der Waals surface area contributed by atoms with Gasteiger partial charge in [0.05, 0.1) is 5.69 Å². The number of rotatable bonds is 4. The minimum absolute atomic E-state index is 0.00367. The molecule has 2 heterocycles. The molecule has 3 amide bonds. The summed E-state index contributed by atoms with van der Waals surface area (Å²) < 4.78 is 0. The molecule has 1 N–H and O–H groups in total. The molecule has 0 unspecified atom stereocenters. The Labute approximate surface area is 173 Å². The first-order valence-corrected chi connectivity index (χ1v) is 9.85. The van der Waals surface area contributed by atoms with Crippen LogP contribution in [0.1, 0.15) is 28.8 Å². The molecular formula is C22H20ClN3O3. The number of benzene rings is 2. The van der Waals surface area contributed by atoms with Gasteiger partial charge in [-0.1, -0.05) is 29.3 Å². The third kappa shape index (κ3) is 3.63. The van der Waals surface area contributed by atoms with E-state index >= 15 is 0 Å². The molecule has 1 saturated heterocycles. The molecule has 0 bridgehead atoms. The van der Waals surface area contributed by atoms with E-state index in [2.05, 4.69) is 5.32 Å². The molecule has 2 aliphatic heterocycles. The second kappa shape index (κ2) is 7.72. The number of aryl methyl sites for hydroxylation is 1. The van der Waals surface area contributed by atoms with Gasteiger partial charge < -0.3 is 10.2 Å². The number of carbonyl (C=O) groups is 3. The zero-order chi connectivity index (χ0) is 20.5. The van der Waals surface area contributed by atoms with Crippen molar-refractivity contribution in [2.45, 2.75) is 19.8 Å². The van der Waals surface area contributed by atoms with Crippen LogP contribution in [-0.2, 0) is 9.59 Å². The van der Waals surface area contributed by atoms with Gasteiger partial charge in [-0.3, -0.25) is 14.4 Å². The van der Waals surface area contributed by atoms with Gasteiger partial charge >= 0.3 is 0 Å². The van der Waals surface area contributed by atoms with Crippen molar-refractivity contribution < 1.29 is 14.4 Å². The Hall–Kier alpha value is -3.12. The lowest BCUT2D eigenvalue weighted by molar-refractivity contribution is -0.120. The van der Waals surface area contributed by atoms with Crippen molar-refractivity contribution in [3.63, 3.8) is 0 Å². The number of nitrogens with one attached hydrogen (secondary N) is 1. The van der Waals surface area contributed by atoms with Crippen LogP contribution < -0.4 is 10.2 Å².